The van der Waals surface area contributed by atoms with Gasteiger partial charge in [-0.1, -0.05) is 0 Å². The van der Waals surface area contributed by atoms with E-state index >= 15 is 0 Å². The van der Waals surface area contributed by atoms with E-state index in [1.807, 2.05) is 19.2 Å². The lowest BCUT2D eigenvalue weighted by Gasteiger charge is -2.42. The van der Waals surface area contributed by atoms with E-state index in [0.717, 1.165) is 16.1 Å². The molecule has 0 aromatic heterocycles. The lowest BCUT2D eigenvalue weighted by Crippen LogP contribution is -2.70. The molecular weight excluding hydrogens is 278 g/mol. The van der Waals surface area contributed by atoms with Crippen LogP contribution in [0, 0.1) is 13.8 Å². The van der Waals surface area contributed by atoms with E-state index in [4.69, 9.17) is 5.84 Å². The van der Waals surface area contributed by atoms with Crippen molar-refractivity contribution in [1.82, 2.24) is 5.32 Å². The number of carbonyl (C=O) groups excluding carboxylic acids is 2. The molecule has 0 saturated heterocycles. The molecule has 2 aliphatic rings. The minimum atomic E-state index is -2.06. The van der Waals surface area contributed by atoms with Crippen LogP contribution in [0.3, 0.4) is 0 Å². The highest BCUT2D eigenvalue weighted by Gasteiger charge is 2.55. The van der Waals surface area contributed by atoms with Crippen molar-refractivity contribution in [2.75, 3.05) is 10.3 Å². The number of nitrogens with two attached hydrogens (primary N) is 1. The zero-order chi connectivity index (χ0) is 15.4. The molecule has 0 bridgehead atoms. The molecule has 1 aromatic rings. The number of rotatable bonds is 1. The number of amides is 3. The molecule has 21 heavy (non-hydrogen) atoms. The SMILES string of the molecule is Cc1cc2c(cc1C)N(N)C1=NC(=O)NC(=O)C1(OO)N2. The van der Waals surface area contributed by atoms with Gasteiger partial charge in [0.25, 0.3) is 5.91 Å². The van der Waals surface area contributed by atoms with E-state index in [9.17, 15) is 14.8 Å². The fraction of sp³-hybridized carbons (Fsp3) is 0.250. The summed E-state index contributed by atoms with van der Waals surface area (Å²) < 4.78 is 0. The topological polar surface area (TPSA) is 129 Å². The second-order valence-electron chi connectivity index (χ2n) is 4.92. The van der Waals surface area contributed by atoms with Crippen molar-refractivity contribution in [2.45, 2.75) is 19.6 Å². The van der Waals surface area contributed by atoms with Crippen LogP contribution in [0.2, 0.25) is 0 Å². The zero-order valence-electron chi connectivity index (χ0n) is 11.3. The van der Waals surface area contributed by atoms with Gasteiger partial charge in [0.15, 0.2) is 5.84 Å². The number of benzene rings is 1. The predicted octanol–water partition coefficient (Wildman–Crippen LogP) is 0.243. The zero-order valence-corrected chi connectivity index (χ0v) is 11.3. The number of aryl methyl sites for hydroxylation is 2. The Hall–Kier alpha value is -2.49. The molecule has 110 valence electrons. The van der Waals surface area contributed by atoms with Crippen LogP contribution < -0.4 is 21.5 Å². The van der Waals surface area contributed by atoms with Crippen molar-refractivity contribution < 1.29 is 19.7 Å². The molecule has 2 aliphatic heterocycles. The molecule has 9 heteroatoms. The Morgan fingerprint density at radius 2 is 2.00 bits per heavy atom. The van der Waals surface area contributed by atoms with Gasteiger partial charge < -0.3 is 5.32 Å². The molecule has 3 rings (SSSR count). The summed E-state index contributed by atoms with van der Waals surface area (Å²) in [7, 11) is 0. The molecule has 0 spiro atoms. The van der Waals surface area contributed by atoms with Crippen LogP contribution in [0.1, 0.15) is 11.1 Å². The van der Waals surface area contributed by atoms with E-state index in [0.29, 0.717) is 11.4 Å². The number of nitrogens with one attached hydrogen (secondary N) is 2. The largest absolute Gasteiger partial charge is 0.349 e. The van der Waals surface area contributed by atoms with Gasteiger partial charge in [-0.05, 0) is 37.1 Å². The van der Waals surface area contributed by atoms with E-state index in [-0.39, 0.29) is 5.84 Å². The molecule has 3 amide bonds. The number of fused-ring (bicyclic) bond motifs is 2. The summed E-state index contributed by atoms with van der Waals surface area (Å²) in [6.07, 6.45) is 0. The molecule has 0 aliphatic carbocycles. The van der Waals surface area contributed by atoms with Crippen LogP contribution in [0.25, 0.3) is 0 Å². The standard InChI is InChI=1S/C12H13N5O4/c1-5-3-7-8(4-6(5)2)17(13)9-12(16-7,21-20)10(18)15-11(19)14-9/h3-4,16,20H,13H2,1-2H3,(H,15,18,19). The monoisotopic (exact) mass is 291 g/mol. The van der Waals surface area contributed by atoms with E-state index in [2.05, 4.69) is 15.2 Å². The summed E-state index contributed by atoms with van der Waals surface area (Å²) in [5, 5.41) is 14.9. The summed E-state index contributed by atoms with van der Waals surface area (Å²) in [4.78, 5) is 31.4. The maximum Gasteiger partial charge on any atom is 0.349 e. The first-order chi connectivity index (χ1) is 9.89. The average molecular weight is 291 g/mol. The first-order valence-corrected chi connectivity index (χ1v) is 6.10. The Labute approximate surface area is 119 Å². The van der Waals surface area contributed by atoms with Crippen molar-refractivity contribution in [3.05, 3.63) is 23.3 Å². The summed E-state index contributed by atoms with van der Waals surface area (Å²) >= 11 is 0. The fourth-order valence-corrected chi connectivity index (χ4v) is 2.33. The van der Waals surface area contributed by atoms with Crippen LogP contribution in [0.4, 0.5) is 16.2 Å². The third kappa shape index (κ3) is 1.72. The predicted molar refractivity (Wildman–Crippen MR) is 73.6 cm³/mol. The molecule has 9 nitrogen and oxygen atoms in total. The molecular formula is C12H13N5O4. The van der Waals surface area contributed by atoms with Gasteiger partial charge in [0, 0.05) is 0 Å². The smallest absolute Gasteiger partial charge is 0.339 e. The first-order valence-electron chi connectivity index (χ1n) is 6.10. The molecule has 5 N–H and O–H groups in total. The van der Waals surface area contributed by atoms with Gasteiger partial charge in [-0.3, -0.25) is 15.1 Å². The number of nitrogens with zero attached hydrogens (tertiary/aromatic N) is 2. The number of hydrazine groups is 1. The first kappa shape index (κ1) is 13.5. The molecule has 0 saturated carbocycles. The molecule has 1 aromatic carbocycles. The Balaban J connectivity index is 2.25. The number of hydrogen-bond donors (Lipinski definition) is 4. The number of imide groups is 1. The number of hydrogen-bond acceptors (Lipinski definition) is 7. The van der Waals surface area contributed by atoms with E-state index < -0.39 is 17.7 Å². The average Bonchev–Trinajstić information content (AvgIpc) is 2.43. The third-order valence-electron chi connectivity index (χ3n) is 3.61. The summed E-state index contributed by atoms with van der Waals surface area (Å²) in [5.41, 5.74) is 0.841. The Morgan fingerprint density at radius 1 is 1.33 bits per heavy atom. The van der Waals surface area contributed by atoms with Crippen molar-refractivity contribution in [3.8, 4) is 0 Å². The number of carbonyl (C=O) groups is 2. The van der Waals surface area contributed by atoms with Gasteiger partial charge in [-0.25, -0.2) is 15.9 Å². The molecule has 1 unspecified atom stereocenters. The van der Waals surface area contributed by atoms with Gasteiger partial charge in [0.2, 0.25) is 0 Å². The number of amidine groups is 1. The maximum absolute atomic E-state index is 12.1. The number of aliphatic imine (C=N–C) groups is 1. The molecule has 2 heterocycles. The van der Waals surface area contributed by atoms with E-state index in [1.165, 1.54) is 0 Å². The Morgan fingerprint density at radius 3 is 2.67 bits per heavy atom. The third-order valence-corrected chi connectivity index (χ3v) is 3.61. The maximum atomic E-state index is 12.1. The quantitative estimate of drug-likeness (QED) is 0.331. The highest BCUT2D eigenvalue weighted by molar-refractivity contribution is 6.28. The lowest BCUT2D eigenvalue weighted by molar-refractivity contribution is -0.284. The fourth-order valence-electron chi connectivity index (χ4n) is 2.33. The van der Waals surface area contributed by atoms with Gasteiger partial charge in [0.1, 0.15) is 0 Å². The highest BCUT2D eigenvalue weighted by Crippen LogP contribution is 2.37. The minimum Gasteiger partial charge on any atom is -0.339 e. The Bertz CT molecular complexity index is 701. The van der Waals surface area contributed by atoms with Crippen LogP contribution >= 0.6 is 0 Å². The minimum absolute atomic E-state index is 0.241. The van der Waals surface area contributed by atoms with Crippen molar-refractivity contribution in [1.29, 1.82) is 0 Å². The summed E-state index contributed by atoms with van der Waals surface area (Å²) in [6, 6.07) is 2.65. The second-order valence-corrected chi connectivity index (χ2v) is 4.92. The normalized spacial score (nSPS) is 23.8. The number of urea groups is 1. The molecule has 0 fully saturated rings. The second kappa shape index (κ2) is 4.25. The molecule has 1 atom stereocenters. The van der Waals surface area contributed by atoms with Crippen LogP contribution in [0.15, 0.2) is 17.1 Å². The van der Waals surface area contributed by atoms with Crippen molar-refractivity contribution in [2.24, 2.45) is 10.8 Å². The lowest BCUT2D eigenvalue weighted by atomic mass is 10.0. The van der Waals surface area contributed by atoms with Gasteiger partial charge in [-0.2, -0.15) is 9.88 Å². The van der Waals surface area contributed by atoms with Crippen LogP contribution in [-0.4, -0.2) is 28.8 Å². The van der Waals surface area contributed by atoms with Crippen LogP contribution in [-0.2, 0) is 9.68 Å². The number of anilines is 2. The van der Waals surface area contributed by atoms with Gasteiger partial charge in [0.05, 0.1) is 11.4 Å². The Kier molecular flexibility index (Phi) is 2.73. The van der Waals surface area contributed by atoms with Crippen molar-refractivity contribution >= 4 is 29.1 Å². The van der Waals surface area contributed by atoms with Crippen LogP contribution in [0.5, 0.6) is 0 Å². The van der Waals surface area contributed by atoms with E-state index in [1.54, 1.807) is 12.1 Å². The summed E-state index contributed by atoms with van der Waals surface area (Å²) in [6.45, 7) is 3.78. The molecule has 0 radical (unpaired) electrons. The van der Waals surface area contributed by atoms with Gasteiger partial charge >= 0.3 is 11.8 Å². The highest BCUT2D eigenvalue weighted by atomic mass is 17.1. The van der Waals surface area contributed by atoms with Gasteiger partial charge in [-0.15, -0.1) is 0 Å². The van der Waals surface area contributed by atoms with Crippen molar-refractivity contribution in [3.63, 3.8) is 0 Å². The summed E-state index contributed by atoms with van der Waals surface area (Å²) in [5.74, 6) is 4.80.